The number of aliphatic hydroxyl groups is 6. The average molecular weight is 566 g/mol. The van der Waals surface area contributed by atoms with Crippen LogP contribution in [0.3, 0.4) is 0 Å². The van der Waals surface area contributed by atoms with Gasteiger partial charge in [-0.25, -0.2) is 13.9 Å². The molecule has 0 aliphatic carbocycles. The van der Waals surface area contributed by atoms with E-state index >= 15 is 0 Å². The molecule has 19 nitrogen and oxygen atoms in total. The van der Waals surface area contributed by atoms with Crippen molar-refractivity contribution < 1.29 is 72.4 Å². The van der Waals surface area contributed by atoms with Crippen molar-refractivity contribution in [2.75, 3.05) is 13.2 Å². The SMILES string of the molecule is O=C[C@H](O)[C@@H](O)[C@@H](O)[C@@H](CO)OP(=O)(OC[C@H]1O[C@@H](n2ccc(=O)[nH]c2=O)[C@H](O)[C@@H]1O)OP(=O)(O)O. The Hall–Kier alpha value is -1.67. The van der Waals surface area contributed by atoms with Gasteiger partial charge in [-0.15, -0.1) is 0 Å². The average Bonchev–Trinajstić information content (AvgIpc) is 3.07. The molecule has 0 radical (unpaired) electrons. The molecule has 1 aromatic rings. The Balaban J connectivity index is 2.22. The number of nitrogens with zero attached hydrogens (tertiary/aromatic N) is 1. The molecule has 2 rings (SSSR count). The molecule has 1 aliphatic rings. The maximum atomic E-state index is 12.9. The minimum Gasteiger partial charge on any atom is -0.394 e. The van der Waals surface area contributed by atoms with Crippen LogP contribution in [0.4, 0.5) is 0 Å². The Kier molecular flexibility index (Phi) is 10.4. The van der Waals surface area contributed by atoms with Crippen molar-refractivity contribution in [1.82, 2.24) is 9.55 Å². The Morgan fingerprint density at radius 2 is 1.78 bits per heavy atom. The first-order valence-corrected chi connectivity index (χ1v) is 12.7. The van der Waals surface area contributed by atoms with Gasteiger partial charge in [0, 0.05) is 12.3 Å². The predicted octanol–water partition coefficient (Wildman–Crippen LogP) is -4.95. The van der Waals surface area contributed by atoms with Gasteiger partial charge in [0.05, 0.1) is 13.2 Å². The second-order valence-corrected chi connectivity index (χ2v) is 10.3. The highest BCUT2D eigenvalue weighted by Gasteiger charge is 2.47. The highest BCUT2D eigenvalue weighted by Crippen LogP contribution is 2.62. The number of aromatic amines is 1. The predicted molar refractivity (Wildman–Crippen MR) is 110 cm³/mol. The molecule has 1 aliphatic heterocycles. The van der Waals surface area contributed by atoms with E-state index in [-0.39, 0.29) is 6.29 Å². The second kappa shape index (κ2) is 12.2. The molecule has 0 amide bonds. The van der Waals surface area contributed by atoms with E-state index in [1.54, 1.807) is 0 Å². The molecular weight excluding hydrogens is 542 g/mol. The number of phosphoric acid groups is 2. The molecule has 1 fully saturated rings. The van der Waals surface area contributed by atoms with Gasteiger partial charge in [0.15, 0.2) is 12.5 Å². The van der Waals surface area contributed by atoms with E-state index < -0.39 is 89.1 Å². The smallest absolute Gasteiger partial charge is 0.394 e. The van der Waals surface area contributed by atoms with Crippen LogP contribution < -0.4 is 11.2 Å². The van der Waals surface area contributed by atoms with Crippen molar-refractivity contribution in [2.45, 2.75) is 49.0 Å². The lowest BCUT2D eigenvalue weighted by Crippen LogP contribution is -2.47. The summed E-state index contributed by atoms with van der Waals surface area (Å²) < 4.78 is 43.5. The maximum absolute atomic E-state index is 12.9. The Morgan fingerprint density at radius 3 is 2.31 bits per heavy atom. The van der Waals surface area contributed by atoms with Crippen molar-refractivity contribution in [3.05, 3.63) is 33.1 Å². The molecule has 21 heteroatoms. The third kappa shape index (κ3) is 7.67. The van der Waals surface area contributed by atoms with Gasteiger partial charge in [0.1, 0.15) is 42.7 Å². The molecule has 9 N–H and O–H groups in total. The molecule has 0 saturated carbocycles. The highest BCUT2D eigenvalue weighted by molar-refractivity contribution is 7.61. The van der Waals surface area contributed by atoms with E-state index in [0.29, 0.717) is 4.57 Å². The van der Waals surface area contributed by atoms with Gasteiger partial charge >= 0.3 is 21.3 Å². The summed E-state index contributed by atoms with van der Waals surface area (Å²) in [5.41, 5.74) is -1.81. The van der Waals surface area contributed by atoms with Crippen LogP contribution in [0, 0.1) is 0 Å². The van der Waals surface area contributed by atoms with Crippen LogP contribution in [0.25, 0.3) is 0 Å². The van der Waals surface area contributed by atoms with E-state index in [1.807, 2.05) is 4.98 Å². The van der Waals surface area contributed by atoms with Crippen LogP contribution in [0.15, 0.2) is 21.9 Å². The summed E-state index contributed by atoms with van der Waals surface area (Å²) in [6.07, 6.45) is -15.3. The first-order valence-electron chi connectivity index (χ1n) is 9.75. The largest absolute Gasteiger partial charge is 0.484 e. The zero-order valence-electron chi connectivity index (χ0n) is 17.9. The summed E-state index contributed by atoms with van der Waals surface area (Å²) in [4.78, 5) is 53.7. The fraction of sp³-hybridized carbons (Fsp3) is 0.667. The maximum Gasteiger partial charge on any atom is 0.484 e. The van der Waals surface area contributed by atoms with Gasteiger partial charge in [-0.2, -0.15) is 4.31 Å². The fourth-order valence-electron chi connectivity index (χ4n) is 2.96. The number of ether oxygens (including phenoxy) is 1. The van der Waals surface area contributed by atoms with Gasteiger partial charge < -0.3 is 50.0 Å². The summed E-state index contributed by atoms with van der Waals surface area (Å²) in [6, 6.07) is 0.903. The van der Waals surface area contributed by atoms with Gasteiger partial charge in [0.2, 0.25) is 0 Å². The lowest BCUT2D eigenvalue weighted by Gasteiger charge is -2.29. The Bertz CT molecular complexity index is 1100. The number of hydrogen-bond donors (Lipinski definition) is 9. The molecule has 2 heterocycles. The Morgan fingerprint density at radius 1 is 1.14 bits per heavy atom. The van der Waals surface area contributed by atoms with E-state index in [4.69, 9.17) is 19.0 Å². The third-order valence-electron chi connectivity index (χ3n) is 4.73. The molecule has 1 saturated heterocycles. The fourth-order valence-corrected chi connectivity index (χ4v) is 5.26. The van der Waals surface area contributed by atoms with Crippen LogP contribution in [-0.4, -0.2) is 112 Å². The molecule has 0 spiro atoms. The Labute approximate surface area is 199 Å². The minimum atomic E-state index is -5.67. The van der Waals surface area contributed by atoms with Crippen LogP contribution in [0.2, 0.25) is 0 Å². The van der Waals surface area contributed by atoms with Gasteiger partial charge in [-0.3, -0.25) is 23.4 Å². The first-order chi connectivity index (χ1) is 16.6. The lowest BCUT2D eigenvalue weighted by atomic mass is 10.0. The van der Waals surface area contributed by atoms with Gasteiger partial charge in [0.25, 0.3) is 5.56 Å². The standard InChI is InChI=1S/C15H24N2O17P2/c18-3-6(20)10(22)11(23)7(4-19)33-36(30,34-35(27,28)29)31-5-8-12(24)13(25)14(32-8)17-2-1-9(21)16-15(17)26/h1-3,6-8,10-14,19-20,22-25H,4-5H2,(H,16,21,26)(H2,27,28,29)/t6-,7+,8+,10+,11-,12+,13+,14+,36?/m0/s1. The number of carbonyl (C=O) groups is 1. The summed E-state index contributed by atoms with van der Waals surface area (Å²) >= 11 is 0. The summed E-state index contributed by atoms with van der Waals surface area (Å²) in [6.45, 7) is -2.40. The molecule has 1 unspecified atom stereocenters. The number of nitrogens with one attached hydrogen (secondary N) is 1. The topological polar surface area (TPSA) is 305 Å². The number of rotatable bonds is 13. The number of H-pyrrole nitrogens is 1. The molecule has 0 bridgehead atoms. The highest BCUT2D eigenvalue weighted by atomic mass is 31.3. The number of phosphoric ester groups is 1. The normalized spacial score (nSPS) is 27.7. The van der Waals surface area contributed by atoms with Crippen LogP contribution >= 0.6 is 15.6 Å². The van der Waals surface area contributed by atoms with E-state index in [1.165, 1.54) is 0 Å². The summed E-state index contributed by atoms with van der Waals surface area (Å²) in [7, 11) is -11.2. The number of aldehydes is 1. The molecular formula is C15H24N2O17P2. The van der Waals surface area contributed by atoms with Gasteiger partial charge in [-0.05, 0) is 0 Å². The van der Waals surface area contributed by atoms with Crippen molar-refractivity contribution >= 4 is 21.9 Å². The summed E-state index contributed by atoms with van der Waals surface area (Å²) in [5, 5.41) is 58.7. The zero-order chi connectivity index (χ0) is 27.4. The third-order valence-corrected chi connectivity index (χ3v) is 7.38. The van der Waals surface area contributed by atoms with Crippen molar-refractivity contribution in [3.8, 4) is 0 Å². The van der Waals surface area contributed by atoms with E-state index in [2.05, 4.69) is 8.83 Å². The van der Waals surface area contributed by atoms with Gasteiger partial charge in [-0.1, -0.05) is 0 Å². The number of hydrogen-bond acceptors (Lipinski definition) is 15. The lowest BCUT2D eigenvalue weighted by molar-refractivity contribution is -0.135. The van der Waals surface area contributed by atoms with Crippen molar-refractivity contribution in [3.63, 3.8) is 0 Å². The minimum absolute atomic E-state index is 0.196. The monoisotopic (exact) mass is 566 g/mol. The molecule has 1 aromatic heterocycles. The number of aliphatic hydroxyl groups excluding tert-OH is 6. The molecule has 206 valence electrons. The molecule has 36 heavy (non-hydrogen) atoms. The zero-order valence-corrected chi connectivity index (χ0v) is 19.6. The van der Waals surface area contributed by atoms with Crippen molar-refractivity contribution in [2.24, 2.45) is 0 Å². The molecule has 9 atom stereocenters. The molecule has 0 aromatic carbocycles. The second-order valence-electron chi connectivity index (χ2n) is 7.31. The quantitative estimate of drug-likeness (QED) is 0.0797. The number of aromatic nitrogens is 2. The van der Waals surface area contributed by atoms with Crippen LogP contribution in [0.5, 0.6) is 0 Å². The number of carbonyl (C=O) groups excluding carboxylic acids is 1. The van der Waals surface area contributed by atoms with Crippen molar-refractivity contribution in [1.29, 1.82) is 0 Å². The van der Waals surface area contributed by atoms with Crippen LogP contribution in [0.1, 0.15) is 6.23 Å². The van der Waals surface area contributed by atoms with Crippen LogP contribution in [-0.2, 0) is 32.0 Å². The first kappa shape index (κ1) is 30.6. The van der Waals surface area contributed by atoms with E-state index in [9.17, 15) is 54.2 Å². The van der Waals surface area contributed by atoms with E-state index in [0.717, 1.165) is 12.3 Å². The summed E-state index contributed by atoms with van der Waals surface area (Å²) in [5.74, 6) is 0.